The first-order valence-corrected chi connectivity index (χ1v) is 5.76. The van der Waals surface area contributed by atoms with Crippen LogP contribution < -0.4 is 5.73 Å². The smallest absolute Gasteiger partial charge is 0.339 e. The maximum Gasteiger partial charge on any atom is 0.339 e. The Kier molecular flexibility index (Phi) is 5.49. The second-order valence-corrected chi connectivity index (χ2v) is 3.95. The van der Waals surface area contributed by atoms with E-state index in [0.29, 0.717) is 11.3 Å². The fraction of sp³-hybridized carbons (Fsp3) is 0.462. The summed E-state index contributed by atoms with van der Waals surface area (Å²) in [5.41, 5.74) is 7.64. The molecule has 0 heterocycles. The van der Waals surface area contributed by atoms with Crippen molar-refractivity contribution in [3.63, 3.8) is 0 Å². The summed E-state index contributed by atoms with van der Waals surface area (Å²) < 4.78 is 4.66. The summed E-state index contributed by atoms with van der Waals surface area (Å²) in [5, 5.41) is 8.67. The van der Waals surface area contributed by atoms with Crippen LogP contribution in [0.2, 0.25) is 0 Å². The molecule has 0 saturated carbocycles. The molecule has 4 nitrogen and oxygen atoms in total. The van der Waals surface area contributed by atoms with Crippen LogP contribution in [-0.4, -0.2) is 24.8 Å². The van der Waals surface area contributed by atoms with Gasteiger partial charge in [-0.05, 0) is 37.0 Å². The third-order valence-corrected chi connectivity index (χ3v) is 2.65. The van der Waals surface area contributed by atoms with Gasteiger partial charge in [0, 0.05) is 12.3 Å². The maximum absolute atomic E-state index is 11.4. The van der Waals surface area contributed by atoms with Gasteiger partial charge < -0.3 is 15.6 Å². The molecule has 3 N–H and O–H groups in total. The molecule has 0 fully saturated rings. The lowest BCUT2D eigenvalue weighted by Gasteiger charge is -2.07. The van der Waals surface area contributed by atoms with E-state index in [1.807, 2.05) is 6.07 Å². The number of unbranched alkanes of at least 4 members (excludes halogenated alkanes) is 2. The highest BCUT2D eigenvalue weighted by molar-refractivity contribution is 5.95. The number of carbonyl (C=O) groups is 1. The van der Waals surface area contributed by atoms with Crippen molar-refractivity contribution in [2.45, 2.75) is 25.7 Å². The first-order chi connectivity index (χ1) is 8.19. The van der Waals surface area contributed by atoms with Crippen LogP contribution in [0.1, 0.15) is 35.2 Å². The van der Waals surface area contributed by atoms with Gasteiger partial charge in [0.15, 0.2) is 0 Å². The second-order valence-electron chi connectivity index (χ2n) is 3.95. The van der Waals surface area contributed by atoms with Gasteiger partial charge in [0.25, 0.3) is 0 Å². The minimum absolute atomic E-state index is 0.231. The summed E-state index contributed by atoms with van der Waals surface area (Å²) in [4.78, 5) is 11.4. The average molecular weight is 237 g/mol. The lowest BCUT2D eigenvalue weighted by molar-refractivity contribution is 0.0602. The molecule has 1 rings (SSSR count). The molecule has 94 valence electrons. The van der Waals surface area contributed by atoms with Crippen LogP contribution in [0.25, 0.3) is 0 Å². The summed E-state index contributed by atoms with van der Waals surface area (Å²) in [6, 6.07) is 5.43. The van der Waals surface area contributed by atoms with E-state index in [9.17, 15) is 4.79 Å². The molecule has 17 heavy (non-hydrogen) atoms. The number of methoxy groups -OCH3 is 1. The zero-order valence-electron chi connectivity index (χ0n) is 10.1. The highest BCUT2D eigenvalue weighted by atomic mass is 16.5. The zero-order valence-corrected chi connectivity index (χ0v) is 10.1. The van der Waals surface area contributed by atoms with Crippen LogP contribution in [0.3, 0.4) is 0 Å². The molecule has 1 aromatic rings. The van der Waals surface area contributed by atoms with E-state index in [-0.39, 0.29) is 6.61 Å². The summed E-state index contributed by atoms with van der Waals surface area (Å²) in [7, 11) is 1.34. The SMILES string of the molecule is COC(=O)c1cc(CCCCCO)ccc1N. The summed E-state index contributed by atoms with van der Waals surface area (Å²) in [6.45, 7) is 0.231. The number of rotatable bonds is 6. The average Bonchev–Trinajstić information content (AvgIpc) is 2.35. The third kappa shape index (κ3) is 4.07. The van der Waals surface area contributed by atoms with Crippen LogP contribution in [0, 0.1) is 0 Å². The van der Waals surface area contributed by atoms with E-state index < -0.39 is 5.97 Å². The number of anilines is 1. The minimum atomic E-state index is -0.403. The quantitative estimate of drug-likeness (QED) is 0.449. The molecule has 0 radical (unpaired) electrons. The van der Waals surface area contributed by atoms with Crippen molar-refractivity contribution < 1.29 is 14.6 Å². The van der Waals surface area contributed by atoms with Crippen LogP contribution in [0.15, 0.2) is 18.2 Å². The standard InChI is InChI=1S/C13H19NO3/c1-17-13(16)11-9-10(6-7-12(11)14)5-3-2-4-8-15/h6-7,9,15H,2-5,8,14H2,1H3. The van der Waals surface area contributed by atoms with Gasteiger partial charge in [0.2, 0.25) is 0 Å². The predicted molar refractivity (Wildman–Crippen MR) is 66.8 cm³/mol. The highest BCUT2D eigenvalue weighted by Gasteiger charge is 2.10. The first kappa shape index (κ1) is 13.5. The van der Waals surface area contributed by atoms with Gasteiger partial charge >= 0.3 is 5.97 Å². The summed E-state index contributed by atoms with van der Waals surface area (Å²) in [6.07, 6.45) is 3.67. The van der Waals surface area contributed by atoms with Crippen LogP contribution in [0.4, 0.5) is 5.69 Å². The molecule has 1 aromatic carbocycles. The number of aryl methyl sites for hydroxylation is 1. The molecule has 0 amide bonds. The Morgan fingerprint density at radius 1 is 1.35 bits per heavy atom. The number of aliphatic hydroxyl groups is 1. The van der Waals surface area contributed by atoms with Gasteiger partial charge in [0.1, 0.15) is 0 Å². The Balaban J connectivity index is 2.65. The Hall–Kier alpha value is -1.55. The fourth-order valence-corrected chi connectivity index (χ4v) is 1.66. The van der Waals surface area contributed by atoms with Crippen LogP contribution >= 0.6 is 0 Å². The lowest BCUT2D eigenvalue weighted by atomic mass is 10.0. The van der Waals surface area contributed by atoms with Crippen molar-refractivity contribution in [1.29, 1.82) is 0 Å². The van der Waals surface area contributed by atoms with Gasteiger partial charge in [0.05, 0.1) is 12.7 Å². The number of hydrogen-bond donors (Lipinski definition) is 2. The van der Waals surface area contributed by atoms with Crippen molar-refractivity contribution >= 4 is 11.7 Å². The van der Waals surface area contributed by atoms with Crippen LogP contribution in [-0.2, 0) is 11.2 Å². The van der Waals surface area contributed by atoms with Crippen molar-refractivity contribution in [3.8, 4) is 0 Å². The molecule has 0 saturated heterocycles. The van der Waals surface area contributed by atoms with Gasteiger partial charge in [-0.3, -0.25) is 0 Å². The van der Waals surface area contributed by atoms with E-state index in [0.717, 1.165) is 31.2 Å². The Morgan fingerprint density at radius 3 is 2.76 bits per heavy atom. The van der Waals surface area contributed by atoms with Gasteiger partial charge in [-0.15, -0.1) is 0 Å². The topological polar surface area (TPSA) is 72.5 Å². The first-order valence-electron chi connectivity index (χ1n) is 5.76. The molecule has 0 aromatic heterocycles. The van der Waals surface area contributed by atoms with Crippen LogP contribution in [0.5, 0.6) is 0 Å². The molecule has 0 aliphatic heterocycles. The van der Waals surface area contributed by atoms with E-state index in [1.165, 1.54) is 7.11 Å². The number of nitrogen functional groups attached to an aromatic ring is 1. The molecule has 4 heteroatoms. The van der Waals surface area contributed by atoms with Gasteiger partial charge in [-0.1, -0.05) is 12.5 Å². The summed E-state index contributed by atoms with van der Waals surface area (Å²) >= 11 is 0. The zero-order chi connectivity index (χ0) is 12.7. The van der Waals surface area contributed by atoms with Gasteiger partial charge in [-0.25, -0.2) is 4.79 Å². The Morgan fingerprint density at radius 2 is 2.12 bits per heavy atom. The molecule has 0 atom stereocenters. The molecule has 0 aliphatic rings. The summed E-state index contributed by atoms with van der Waals surface area (Å²) in [5.74, 6) is -0.403. The lowest BCUT2D eigenvalue weighted by Crippen LogP contribution is -2.06. The number of benzene rings is 1. The molecule has 0 unspecified atom stereocenters. The number of esters is 1. The molecule has 0 bridgehead atoms. The molecule has 0 spiro atoms. The highest BCUT2D eigenvalue weighted by Crippen LogP contribution is 2.17. The van der Waals surface area contributed by atoms with Crippen molar-refractivity contribution in [2.75, 3.05) is 19.5 Å². The number of hydrogen-bond acceptors (Lipinski definition) is 4. The van der Waals surface area contributed by atoms with E-state index in [1.54, 1.807) is 12.1 Å². The number of aliphatic hydroxyl groups excluding tert-OH is 1. The Labute approximate surface area is 101 Å². The van der Waals surface area contributed by atoms with E-state index in [4.69, 9.17) is 10.8 Å². The van der Waals surface area contributed by atoms with Crippen molar-refractivity contribution in [1.82, 2.24) is 0 Å². The second kappa shape index (κ2) is 6.91. The molecular weight excluding hydrogens is 218 g/mol. The van der Waals surface area contributed by atoms with Crippen molar-refractivity contribution in [2.24, 2.45) is 0 Å². The largest absolute Gasteiger partial charge is 0.465 e. The monoisotopic (exact) mass is 237 g/mol. The maximum atomic E-state index is 11.4. The van der Waals surface area contributed by atoms with Crippen molar-refractivity contribution in [3.05, 3.63) is 29.3 Å². The number of ether oxygens (including phenoxy) is 1. The minimum Gasteiger partial charge on any atom is -0.465 e. The Bertz CT molecular complexity index is 377. The van der Waals surface area contributed by atoms with E-state index in [2.05, 4.69) is 4.74 Å². The third-order valence-electron chi connectivity index (χ3n) is 2.65. The molecular formula is C13H19NO3. The number of nitrogens with two attached hydrogens (primary N) is 1. The fourth-order valence-electron chi connectivity index (χ4n) is 1.66. The van der Waals surface area contributed by atoms with Gasteiger partial charge in [-0.2, -0.15) is 0 Å². The normalized spacial score (nSPS) is 10.2. The van der Waals surface area contributed by atoms with E-state index >= 15 is 0 Å². The molecule has 0 aliphatic carbocycles. The predicted octanol–water partition coefficient (Wildman–Crippen LogP) is 1.76. The number of carbonyl (C=O) groups excluding carboxylic acids is 1.